The van der Waals surface area contributed by atoms with E-state index in [4.69, 9.17) is 0 Å². The van der Waals surface area contributed by atoms with Crippen molar-refractivity contribution in [2.45, 2.75) is 19.3 Å². The van der Waals surface area contributed by atoms with Gasteiger partial charge < -0.3 is 4.90 Å². The maximum absolute atomic E-state index is 12.6. The summed E-state index contributed by atoms with van der Waals surface area (Å²) in [5.41, 5.74) is 3.31. The molecule has 0 saturated carbocycles. The molecule has 2 aromatic rings. The highest BCUT2D eigenvalue weighted by atomic mass is 16.6. The molecule has 0 bridgehead atoms. The van der Waals surface area contributed by atoms with E-state index in [0.717, 1.165) is 11.4 Å². The molecule has 5 heteroatoms. The molecule has 0 aliphatic carbocycles. The van der Waals surface area contributed by atoms with E-state index in [0.29, 0.717) is 5.56 Å². The Kier molecular flexibility index (Phi) is 3.72. The average molecular weight is 322 g/mol. The number of ketones is 1. The molecule has 0 saturated heterocycles. The Hall–Kier alpha value is -2.95. The van der Waals surface area contributed by atoms with E-state index in [-0.39, 0.29) is 16.9 Å². The van der Waals surface area contributed by atoms with E-state index in [2.05, 4.69) is 19.9 Å². The minimum atomic E-state index is -0.475. The lowest BCUT2D eigenvalue weighted by Crippen LogP contribution is -2.24. The Morgan fingerprint density at radius 1 is 1.12 bits per heavy atom. The highest BCUT2D eigenvalue weighted by molar-refractivity contribution is 6.05. The van der Waals surface area contributed by atoms with Crippen molar-refractivity contribution in [1.29, 1.82) is 0 Å². The quantitative estimate of drug-likeness (QED) is 0.369. The average Bonchev–Trinajstić information content (AvgIpc) is 2.76. The van der Waals surface area contributed by atoms with E-state index >= 15 is 0 Å². The minimum Gasteiger partial charge on any atom is -0.347 e. The number of likely N-dealkylation sites (N-methyl/N-ethyl adjacent to an activating group) is 1. The normalized spacial score (nSPS) is 17.0. The van der Waals surface area contributed by atoms with Gasteiger partial charge in [0, 0.05) is 47.6 Å². The van der Waals surface area contributed by atoms with Crippen LogP contribution in [-0.2, 0) is 5.41 Å². The summed E-state index contributed by atoms with van der Waals surface area (Å²) < 4.78 is 0. The van der Waals surface area contributed by atoms with Gasteiger partial charge >= 0.3 is 0 Å². The first-order chi connectivity index (χ1) is 11.3. The van der Waals surface area contributed by atoms with Gasteiger partial charge in [0.25, 0.3) is 5.69 Å². The number of fused-ring (bicyclic) bond motifs is 1. The topological polar surface area (TPSA) is 63.5 Å². The molecule has 24 heavy (non-hydrogen) atoms. The monoisotopic (exact) mass is 322 g/mol. The maximum atomic E-state index is 12.6. The van der Waals surface area contributed by atoms with Crippen LogP contribution in [0.25, 0.3) is 0 Å². The van der Waals surface area contributed by atoms with Crippen molar-refractivity contribution in [1.82, 2.24) is 0 Å². The molecule has 1 heterocycles. The summed E-state index contributed by atoms with van der Waals surface area (Å²) in [5, 5.41) is 10.7. The van der Waals surface area contributed by atoms with E-state index in [9.17, 15) is 14.9 Å². The Bertz CT molecular complexity index is 851. The van der Waals surface area contributed by atoms with Gasteiger partial charge in [-0.15, -0.1) is 0 Å². The lowest BCUT2D eigenvalue weighted by Gasteiger charge is -2.23. The number of para-hydroxylation sites is 1. The predicted octanol–water partition coefficient (Wildman–Crippen LogP) is 4.09. The van der Waals surface area contributed by atoms with E-state index < -0.39 is 4.92 Å². The lowest BCUT2D eigenvalue weighted by atomic mass is 9.83. The number of nitro benzene ring substituents is 1. The van der Waals surface area contributed by atoms with Crippen molar-refractivity contribution in [3.8, 4) is 0 Å². The van der Waals surface area contributed by atoms with Gasteiger partial charge in [0.15, 0.2) is 5.78 Å². The van der Waals surface area contributed by atoms with E-state index in [1.165, 1.54) is 29.8 Å². The SMILES string of the molecule is CN1/C(=C\C(=O)c2ccc([N+](=O)[O-])cc2)C(C)(C)c2ccccc21. The van der Waals surface area contributed by atoms with Crippen LogP contribution in [0, 0.1) is 10.1 Å². The standard InChI is InChI=1S/C19H18N2O3/c1-19(2)15-6-4-5-7-16(15)20(3)18(19)12-17(22)13-8-10-14(11-9-13)21(23)24/h4-12H,1-3H3/b18-12-. The van der Waals surface area contributed by atoms with Crippen molar-refractivity contribution in [2.75, 3.05) is 11.9 Å². The second kappa shape index (κ2) is 5.60. The predicted molar refractivity (Wildman–Crippen MR) is 93.4 cm³/mol. The van der Waals surface area contributed by atoms with Gasteiger partial charge in [-0.2, -0.15) is 0 Å². The molecular formula is C19H18N2O3. The van der Waals surface area contributed by atoms with Gasteiger partial charge in [-0.25, -0.2) is 0 Å². The lowest BCUT2D eigenvalue weighted by molar-refractivity contribution is -0.384. The van der Waals surface area contributed by atoms with Crippen molar-refractivity contribution < 1.29 is 9.72 Å². The molecule has 0 fully saturated rings. The molecule has 1 aliphatic heterocycles. The third kappa shape index (κ3) is 2.48. The minimum absolute atomic E-state index is 0.0232. The molecule has 0 spiro atoms. The number of allylic oxidation sites excluding steroid dienone is 2. The summed E-state index contributed by atoms with van der Waals surface area (Å²) in [5.74, 6) is -0.160. The zero-order valence-corrected chi connectivity index (χ0v) is 13.8. The maximum Gasteiger partial charge on any atom is 0.269 e. The Balaban J connectivity index is 1.96. The molecule has 2 aromatic carbocycles. The first-order valence-electron chi connectivity index (χ1n) is 7.66. The van der Waals surface area contributed by atoms with Crippen molar-refractivity contribution in [2.24, 2.45) is 0 Å². The molecule has 0 unspecified atom stereocenters. The van der Waals surface area contributed by atoms with Gasteiger partial charge in [0.05, 0.1) is 4.92 Å². The number of hydrogen-bond acceptors (Lipinski definition) is 4. The van der Waals surface area contributed by atoms with Crippen molar-refractivity contribution in [3.63, 3.8) is 0 Å². The summed E-state index contributed by atoms with van der Waals surface area (Å²) in [4.78, 5) is 24.9. The molecule has 122 valence electrons. The van der Waals surface area contributed by atoms with Crippen LogP contribution in [0.4, 0.5) is 11.4 Å². The highest BCUT2D eigenvalue weighted by Gasteiger charge is 2.38. The smallest absolute Gasteiger partial charge is 0.269 e. The van der Waals surface area contributed by atoms with Gasteiger partial charge in [-0.05, 0) is 23.8 Å². The fraction of sp³-hybridized carbons (Fsp3) is 0.211. The number of hydrogen-bond donors (Lipinski definition) is 0. The van der Waals surface area contributed by atoms with Crippen LogP contribution in [0.1, 0.15) is 29.8 Å². The van der Waals surface area contributed by atoms with Crippen LogP contribution in [0.15, 0.2) is 60.3 Å². The van der Waals surface area contributed by atoms with Gasteiger partial charge in [-0.3, -0.25) is 14.9 Å². The molecule has 1 aliphatic rings. The van der Waals surface area contributed by atoms with Crippen LogP contribution >= 0.6 is 0 Å². The van der Waals surface area contributed by atoms with Crippen LogP contribution in [0.3, 0.4) is 0 Å². The second-order valence-electron chi connectivity index (χ2n) is 6.40. The number of benzene rings is 2. The van der Waals surface area contributed by atoms with Crippen LogP contribution in [-0.4, -0.2) is 17.8 Å². The molecule has 3 rings (SSSR count). The number of nitrogens with zero attached hydrogens (tertiary/aromatic N) is 2. The molecule has 0 N–H and O–H groups in total. The fourth-order valence-corrected chi connectivity index (χ4v) is 3.21. The zero-order valence-electron chi connectivity index (χ0n) is 13.8. The van der Waals surface area contributed by atoms with E-state index in [1.807, 2.05) is 30.1 Å². The third-order valence-corrected chi connectivity index (χ3v) is 4.57. The van der Waals surface area contributed by atoms with E-state index in [1.54, 1.807) is 6.08 Å². The molecule has 0 aromatic heterocycles. The number of carbonyl (C=O) groups is 1. The largest absolute Gasteiger partial charge is 0.347 e. The summed E-state index contributed by atoms with van der Waals surface area (Å²) in [6.45, 7) is 4.18. The number of anilines is 1. The number of non-ortho nitro benzene ring substituents is 1. The first-order valence-corrected chi connectivity index (χ1v) is 7.66. The van der Waals surface area contributed by atoms with Crippen LogP contribution in [0.2, 0.25) is 0 Å². The molecular weight excluding hydrogens is 304 g/mol. The van der Waals surface area contributed by atoms with Gasteiger partial charge in [-0.1, -0.05) is 32.0 Å². The number of nitro groups is 1. The summed E-state index contributed by atoms with van der Waals surface area (Å²) in [7, 11) is 1.95. The number of carbonyl (C=O) groups excluding carboxylic acids is 1. The Labute approximate surface area is 140 Å². The van der Waals surface area contributed by atoms with Gasteiger partial charge in [0.2, 0.25) is 0 Å². The Morgan fingerprint density at radius 3 is 2.33 bits per heavy atom. The molecule has 0 atom stereocenters. The summed E-state index contributed by atoms with van der Waals surface area (Å²) >= 11 is 0. The molecule has 0 radical (unpaired) electrons. The second-order valence-corrected chi connectivity index (χ2v) is 6.40. The zero-order chi connectivity index (χ0) is 17.5. The molecule has 0 amide bonds. The number of rotatable bonds is 3. The van der Waals surface area contributed by atoms with Crippen molar-refractivity contribution >= 4 is 17.2 Å². The van der Waals surface area contributed by atoms with Gasteiger partial charge in [0.1, 0.15) is 0 Å². The van der Waals surface area contributed by atoms with Crippen LogP contribution in [0.5, 0.6) is 0 Å². The Morgan fingerprint density at radius 2 is 1.75 bits per heavy atom. The van der Waals surface area contributed by atoms with Crippen LogP contribution < -0.4 is 4.90 Å². The van der Waals surface area contributed by atoms with Crippen molar-refractivity contribution in [3.05, 3.63) is 81.5 Å². The third-order valence-electron chi connectivity index (χ3n) is 4.57. The summed E-state index contributed by atoms with van der Waals surface area (Å²) in [6.07, 6.45) is 1.63. The summed E-state index contributed by atoms with van der Waals surface area (Å²) in [6, 6.07) is 13.8. The fourth-order valence-electron chi connectivity index (χ4n) is 3.21. The first kappa shape index (κ1) is 15.9. The highest BCUT2D eigenvalue weighted by Crippen LogP contribution is 2.46. The molecule has 5 nitrogen and oxygen atoms in total.